The van der Waals surface area contributed by atoms with Crippen LogP contribution in [0.2, 0.25) is 5.02 Å². The van der Waals surface area contributed by atoms with E-state index in [9.17, 15) is 9.59 Å². The number of hydrogen-bond acceptors (Lipinski definition) is 2. The fourth-order valence-electron chi connectivity index (χ4n) is 3.56. The molecule has 3 aromatic rings. The summed E-state index contributed by atoms with van der Waals surface area (Å²) in [6, 6.07) is 24.6. The zero-order valence-corrected chi connectivity index (χ0v) is 19.3. The Morgan fingerprint density at radius 3 is 2.12 bits per heavy atom. The normalized spacial score (nSPS) is 11.6. The number of amides is 2. The van der Waals surface area contributed by atoms with Gasteiger partial charge in [0, 0.05) is 31.0 Å². The quantitative estimate of drug-likeness (QED) is 0.482. The standard InChI is InChI=1S/C27H29ClN2O2/c1-3-26(31)30(19-23-13-15-24(28)16-14-23)25(17-21-7-5-4-6-8-21)27(32)29-18-22-11-9-20(2)10-12-22/h4-16,25H,3,17-19H2,1-2H3,(H,29,32)/t25-/m1/s1. The predicted molar refractivity (Wildman–Crippen MR) is 129 cm³/mol. The Balaban J connectivity index is 1.84. The summed E-state index contributed by atoms with van der Waals surface area (Å²) in [6.45, 7) is 4.61. The highest BCUT2D eigenvalue weighted by Gasteiger charge is 2.29. The minimum atomic E-state index is -0.619. The van der Waals surface area contributed by atoms with Gasteiger partial charge in [0.25, 0.3) is 0 Å². The molecule has 0 aromatic heterocycles. The van der Waals surface area contributed by atoms with Crippen molar-refractivity contribution < 1.29 is 9.59 Å². The summed E-state index contributed by atoms with van der Waals surface area (Å²) in [5.41, 5.74) is 4.13. The van der Waals surface area contributed by atoms with E-state index in [1.807, 2.05) is 80.6 Å². The third kappa shape index (κ3) is 6.69. The van der Waals surface area contributed by atoms with Crippen LogP contribution in [-0.4, -0.2) is 22.8 Å². The molecule has 0 aliphatic heterocycles. The average molecular weight is 449 g/mol. The van der Waals surface area contributed by atoms with Gasteiger partial charge < -0.3 is 10.2 Å². The largest absolute Gasteiger partial charge is 0.350 e. The number of halogens is 1. The molecule has 0 aliphatic rings. The molecule has 1 N–H and O–H groups in total. The van der Waals surface area contributed by atoms with Crippen LogP contribution < -0.4 is 5.32 Å². The first-order valence-corrected chi connectivity index (χ1v) is 11.2. The molecule has 2 amide bonds. The van der Waals surface area contributed by atoms with Gasteiger partial charge in [0.2, 0.25) is 11.8 Å². The highest BCUT2D eigenvalue weighted by Crippen LogP contribution is 2.17. The molecule has 4 nitrogen and oxygen atoms in total. The van der Waals surface area contributed by atoms with E-state index in [-0.39, 0.29) is 11.8 Å². The zero-order valence-electron chi connectivity index (χ0n) is 18.6. The lowest BCUT2D eigenvalue weighted by molar-refractivity contribution is -0.141. The second-order valence-electron chi connectivity index (χ2n) is 7.91. The first-order valence-electron chi connectivity index (χ1n) is 10.9. The first kappa shape index (κ1) is 23.6. The Hall–Kier alpha value is -3.11. The van der Waals surface area contributed by atoms with E-state index in [0.29, 0.717) is 31.0 Å². The molecule has 32 heavy (non-hydrogen) atoms. The van der Waals surface area contributed by atoms with Gasteiger partial charge in [0.1, 0.15) is 6.04 Å². The highest BCUT2D eigenvalue weighted by atomic mass is 35.5. The molecule has 0 saturated heterocycles. The monoisotopic (exact) mass is 448 g/mol. The van der Waals surface area contributed by atoms with E-state index in [4.69, 9.17) is 11.6 Å². The number of aryl methyl sites for hydroxylation is 1. The molecular formula is C27H29ClN2O2. The van der Waals surface area contributed by atoms with E-state index >= 15 is 0 Å². The van der Waals surface area contributed by atoms with Gasteiger partial charge in [-0.05, 0) is 35.7 Å². The van der Waals surface area contributed by atoms with Gasteiger partial charge >= 0.3 is 0 Å². The number of carbonyl (C=O) groups is 2. The minimum absolute atomic E-state index is 0.0635. The zero-order chi connectivity index (χ0) is 22.9. The van der Waals surface area contributed by atoms with Crippen molar-refractivity contribution in [1.82, 2.24) is 10.2 Å². The van der Waals surface area contributed by atoms with E-state index in [1.165, 1.54) is 5.56 Å². The highest BCUT2D eigenvalue weighted by molar-refractivity contribution is 6.30. The predicted octanol–water partition coefficient (Wildman–Crippen LogP) is 5.31. The maximum atomic E-state index is 13.4. The molecule has 5 heteroatoms. The van der Waals surface area contributed by atoms with Gasteiger partial charge in [-0.2, -0.15) is 0 Å². The maximum absolute atomic E-state index is 13.4. The van der Waals surface area contributed by atoms with E-state index in [1.54, 1.807) is 17.0 Å². The van der Waals surface area contributed by atoms with Gasteiger partial charge in [0.05, 0.1) is 0 Å². The van der Waals surface area contributed by atoms with Gasteiger partial charge in [-0.15, -0.1) is 0 Å². The minimum Gasteiger partial charge on any atom is -0.350 e. The number of rotatable bonds is 9. The van der Waals surface area contributed by atoms with Crippen molar-refractivity contribution in [3.05, 3.63) is 106 Å². The van der Waals surface area contributed by atoms with Crippen molar-refractivity contribution in [1.29, 1.82) is 0 Å². The average Bonchev–Trinajstić information content (AvgIpc) is 2.82. The third-order valence-electron chi connectivity index (χ3n) is 5.43. The van der Waals surface area contributed by atoms with Crippen molar-refractivity contribution in [3.63, 3.8) is 0 Å². The Morgan fingerprint density at radius 1 is 0.875 bits per heavy atom. The Bertz CT molecular complexity index is 1020. The fraction of sp³-hybridized carbons (Fsp3) is 0.259. The summed E-state index contributed by atoms with van der Waals surface area (Å²) < 4.78 is 0. The summed E-state index contributed by atoms with van der Waals surface area (Å²) in [7, 11) is 0. The van der Waals surface area contributed by atoms with Crippen molar-refractivity contribution >= 4 is 23.4 Å². The fourth-order valence-corrected chi connectivity index (χ4v) is 3.68. The molecule has 0 radical (unpaired) electrons. The molecule has 0 unspecified atom stereocenters. The lowest BCUT2D eigenvalue weighted by Crippen LogP contribution is -2.50. The maximum Gasteiger partial charge on any atom is 0.243 e. The van der Waals surface area contributed by atoms with Crippen LogP contribution in [-0.2, 0) is 29.1 Å². The smallest absolute Gasteiger partial charge is 0.243 e. The molecule has 3 aromatic carbocycles. The van der Waals surface area contributed by atoms with Crippen LogP contribution >= 0.6 is 11.6 Å². The second-order valence-corrected chi connectivity index (χ2v) is 8.35. The molecule has 1 atom stereocenters. The molecule has 0 heterocycles. The molecule has 0 spiro atoms. The summed E-state index contributed by atoms with van der Waals surface area (Å²) in [5, 5.41) is 3.68. The lowest BCUT2D eigenvalue weighted by Gasteiger charge is -2.31. The van der Waals surface area contributed by atoms with Crippen LogP contribution in [0.3, 0.4) is 0 Å². The number of hydrogen-bond donors (Lipinski definition) is 1. The summed E-state index contributed by atoms with van der Waals surface area (Å²) in [5.74, 6) is -0.225. The van der Waals surface area contributed by atoms with Crippen molar-refractivity contribution in [2.75, 3.05) is 0 Å². The van der Waals surface area contributed by atoms with E-state index in [0.717, 1.165) is 16.7 Å². The number of benzene rings is 3. The SMILES string of the molecule is CCC(=O)N(Cc1ccc(Cl)cc1)[C@H](Cc1ccccc1)C(=O)NCc1ccc(C)cc1. The van der Waals surface area contributed by atoms with E-state index < -0.39 is 6.04 Å². The topological polar surface area (TPSA) is 49.4 Å². The van der Waals surface area contributed by atoms with Crippen LogP contribution in [0.4, 0.5) is 0 Å². The molecular weight excluding hydrogens is 420 g/mol. The summed E-state index contributed by atoms with van der Waals surface area (Å²) in [6.07, 6.45) is 0.768. The van der Waals surface area contributed by atoms with Crippen molar-refractivity contribution in [3.8, 4) is 0 Å². The number of carbonyl (C=O) groups excluding carboxylic acids is 2. The van der Waals surface area contributed by atoms with Crippen LogP contribution in [0, 0.1) is 6.92 Å². The Morgan fingerprint density at radius 2 is 1.50 bits per heavy atom. The van der Waals surface area contributed by atoms with Gasteiger partial charge in [-0.3, -0.25) is 9.59 Å². The Kier molecular flexibility index (Phi) is 8.46. The van der Waals surface area contributed by atoms with Crippen LogP contribution in [0.1, 0.15) is 35.6 Å². The first-order chi connectivity index (χ1) is 15.5. The molecule has 0 fully saturated rings. The van der Waals surface area contributed by atoms with E-state index in [2.05, 4.69) is 5.32 Å². The second kappa shape index (κ2) is 11.5. The molecule has 166 valence electrons. The summed E-state index contributed by atoms with van der Waals surface area (Å²) in [4.78, 5) is 28.0. The lowest BCUT2D eigenvalue weighted by atomic mass is 10.0. The van der Waals surface area contributed by atoms with Gasteiger partial charge in [-0.1, -0.05) is 90.8 Å². The van der Waals surface area contributed by atoms with Crippen molar-refractivity contribution in [2.24, 2.45) is 0 Å². The van der Waals surface area contributed by atoms with Crippen LogP contribution in [0.5, 0.6) is 0 Å². The number of nitrogens with one attached hydrogen (secondary N) is 1. The van der Waals surface area contributed by atoms with Crippen LogP contribution in [0.15, 0.2) is 78.9 Å². The van der Waals surface area contributed by atoms with Crippen molar-refractivity contribution in [2.45, 2.75) is 45.8 Å². The molecule has 0 aliphatic carbocycles. The molecule has 3 rings (SSSR count). The molecule has 0 saturated carbocycles. The van der Waals surface area contributed by atoms with Crippen LogP contribution in [0.25, 0.3) is 0 Å². The number of nitrogens with zero attached hydrogens (tertiary/aromatic N) is 1. The third-order valence-corrected chi connectivity index (χ3v) is 5.68. The molecule has 0 bridgehead atoms. The van der Waals surface area contributed by atoms with Gasteiger partial charge in [-0.25, -0.2) is 0 Å². The summed E-state index contributed by atoms with van der Waals surface area (Å²) >= 11 is 6.02. The Labute approximate surface area is 195 Å². The van der Waals surface area contributed by atoms with Gasteiger partial charge in [0.15, 0.2) is 0 Å².